The Kier molecular flexibility index (Phi) is 6.38. The Morgan fingerprint density at radius 2 is 1.65 bits per heavy atom. The molecular formula is C25H25N5S. The number of benzene rings is 3. The third-order valence-electron chi connectivity index (χ3n) is 4.87. The molecule has 4 aromatic rings. The lowest BCUT2D eigenvalue weighted by molar-refractivity contribution is 0.729. The summed E-state index contributed by atoms with van der Waals surface area (Å²) in [7, 11) is 4.10. The van der Waals surface area contributed by atoms with Crippen LogP contribution in [0.2, 0.25) is 0 Å². The normalized spacial score (nSPS) is 12.2. The number of rotatable bonds is 5. The van der Waals surface area contributed by atoms with Gasteiger partial charge < -0.3 is 4.90 Å². The maximum atomic E-state index is 4.96. The van der Waals surface area contributed by atoms with Gasteiger partial charge in [0.15, 0.2) is 5.84 Å². The van der Waals surface area contributed by atoms with E-state index in [0.717, 1.165) is 21.9 Å². The van der Waals surface area contributed by atoms with Crippen LogP contribution in [0.4, 0.5) is 11.4 Å². The van der Waals surface area contributed by atoms with Gasteiger partial charge in [0, 0.05) is 36.9 Å². The minimum atomic E-state index is 0.672. The lowest BCUT2D eigenvalue weighted by Crippen LogP contribution is -2.19. The molecule has 4 rings (SSSR count). The van der Waals surface area contributed by atoms with Crippen LogP contribution in [0.1, 0.15) is 17.0 Å². The summed E-state index contributed by atoms with van der Waals surface area (Å²) in [4.78, 5) is 12.7. The molecule has 0 unspecified atom stereocenters. The van der Waals surface area contributed by atoms with Crippen LogP contribution >= 0.6 is 11.5 Å². The lowest BCUT2D eigenvalue weighted by Gasteiger charge is -2.14. The average Bonchev–Trinajstić information content (AvgIpc) is 3.14. The largest absolute Gasteiger partial charge is 0.378 e. The molecule has 1 aromatic heterocycles. The van der Waals surface area contributed by atoms with Gasteiger partial charge in [-0.2, -0.15) is 9.37 Å². The van der Waals surface area contributed by atoms with E-state index in [1.165, 1.54) is 22.8 Å². The number of hydrogen-bond donors (Lipinski definition) is 0. The zero-order valence-electron chi connectivity index (χ0n) is 17.9. The van der Waals surface area contributed by atoms with Gasteiger partial charge in [0.2, 0.25) is 4.80 Å². The number of amidine groups is 1. The highest BCUT2D eigenvalue weighted by Crippen LogP contribution is 2.16. The highest BCUT2D eigenvalue weighted by atomic mass is 32.1. The first-order valence-electron chi connectivity index (χ1n) is 10.1. The molecule has 31 heavy (non-hydrogen) atoms. The SMILES string of the molecule is Cc1nsc(=NC(=Nc2ccccc2)c2ccccc2)n1Cc1cccc(N(C)C)c1. The molecule has 0 fully saturated rings. The van der Waals surface area contributed by atoms with Crippen LogP contribution in [0, 0.1) is 6.92 Å². The maximum Gasteiger partial charge on any atom is 0.211 e. The fraction of sp³-hybridized carbons (Fsp3) is 0.160. The van der Waals surface area contributed by atoms with Gasteiger partial charge in [-0.15, -0.1) is 0 Å². The molecule has 0 saturated heterocycles. The van der Waals surface area contributed by atoms with Crippen molar-refractivity contribution >= 4 is 28.7 Å². The maximum absolute atomic E-state index is 4.96. The summed E-state index contributed by atoms with van der Waals surface area (Å²) in [5.41, 5.74) is 4.22. The van der Waals surface area contributed by atoms with Gasteiger partial charge in [0.05, 0.1) is 12.2 Å². The monoisotopic (exact) mass is 427 g/mol. The van der Waals surface area contributed by atoms with Crippen molar-refractivity contribution in [3.05, 3.63) is 107 Å². The van der Waals surface area contributed by atoms with E-state index in [-0.39, 0.29) is 0 Å². The van der Waals surface area contributed by atoms with Crippen LogP contribution < -0.4 is 9.70 Å². The zero-order valence-corrected chi connectivity index (χ0v) is 18.8. The Morgan fingerprint density at radius 3 is 2.35 bits per heavy atom. The van der Waals surface area contributed by atoms with Crippen molar-refractivity contribution in [2.75, 3.05) is 19.0 Å². The molecule has 0 aliphatic heterocycles. The summed E-state index contributed by atoms with van der Waals surface area (Å²) < 4.78 is 6.71. The van der Waals surface area contributed by atoms with E-state index >= 15 is 0 Å². The average molecular weight is 428 g/mol. The Labute approximate surface area is 186 Å². The first-order valence-corrected chi connectivity index (χ1v) is 10.9. The molecule has 1 heterocycles. The fourth-order valence-corrected chi connectivity index (χ4v) is 3.91. The van der Waals surface area contributed by atoms with E-state index in [2.05, 4.69) is 52.2 Å². The number of nitrogens with zero attached hydrogens (tertiary/aromatic N) is 5. The summed E-state index contributed by atoms with van der Waals surface area (Å²) in [5, 5.41) is 0. The minimum absolute atomic E-state index is 0.672. The van der Waals surface area contributed by atoms with E-state index in [1.54, 1.807) is 0 Å². The zero-order chi connectivity index (χ0) is 21.6. The molecule has 0 aliphatic carbocycles. The topological polar surface area (TPSA) is 45.8 Å². The number of para-hydroxylation sites is 1. The summed E-state index contributed by atoms with van der Waals surface area (Å²) in [6, 6.07) is 28.5. The molecule has 0 bridgehead atoms. The van der Waals surface area contributed by atoms with Gasteiger partial charge in [-0.3, -0.25) is 4.57 Å². The molecule has 0 amide bonds. The summed E-state index contributed by atoms with van der Waals surface area (Å²) in [5.74, 6) is 1.61. The van der Waals surface area contributed by atoms with E-state index < -0.39 is 0 Å². The Bertz CT molecular complexity index is 1240. The van der Waals surface area contributed by atoms with Crippen LogP contribution in [0.5, 0.6) is 0 Å². The predicted octanol–water partition coefficient (Wildman–Crippen LogP) is 5.05. The molecule has 0 spiro atoms. The first kappa shape index (κ1) is 20.8. The standard InChI is InChI=1S/C25H25N5S/c1-19-28-31-25(30(19)18-20-11-10-16-23(17-20)29(2)3)27-24(21-12-6-4-7-13-21)26-22-14-8-5-9-15-22/h4-17H,18H2,1-3H3. The van der Waals surface area contributed by atoms with Gasteiger partial charge in [-0.25, -0.2) is 4.99 Å². The van der Waals surface area contributed by atoms with E-state index in [1.807, 2.05) is 67.6 Å². The second-order valence-corrected chi connectivity index (χ2v) is 8.14. The van der Waals surface area contributed by atoms with Crippen molar-refractivity contribution in [3.63, 3.8) is 0 Å². The lowest BCUT2D eigenvalue weighted by atomic mass is 10.2. The van der Waals surface area contributed by atoms with Gasteiger partial charge in [0.1, 0.15) is 5.82 Å². The van der Waals surface area contributed by atoms with E-state index in [0.29, 0.717) is 12.4 Å². The third kappa shape index (κ3) is 5.16. The molecule has 0 N–H and O–H groups in total. The van der Waals surface area contributed by atoms with Crippen LogP contribution in [-0.4, -0.2) is 28.9 Å². The molecular weight excluding hydrogens is 402 g/mol. The molecule has 3 aromatic carbocycles. The Balaban J connectivity index is 1.78. The van der Waals surface area contributed by atoms with Crippen LogP contribution in [0.3, 0.4) is 0 Å². The van der Waals surface area contributed by atoms with E-state index in [9.17, 15) is 0 Å². The predicted molar refractivity (Wildman–Crippen MR) is 129 cm³/mol. The van der Waals surface area contributed by atoms with Crippen molar-refractivity contribution in [1.29, 1.82) is 0 Å². The second kappa shape index (κ2) is 9.53. The number of anilines is 1. The van der Waals surface area contributed by atoms with Crippen molar-refractivity contribution < 1.29 is 0 Å². The molecule has 0 radical (unpaired) electrons. The van der Waals surface area contributed by atoms with Crippen LogP contribution in [0.15, 0.2) is 94.9 Å². The highest BCUT2D eigenvalue weighted by molar-refractivity contribution is 7.02. The number of aromatic nitrogens is 2. The molecule has 0 atom stereocenters. The number of aliphatic imine (C=N–C) groups is 1. The summed E-state index contributed by atoms with van der Waals surface area (Å²) in [6.45, 7) is 2.72. The van der Waals surface area contributed by atoms with Gasteiger partial charge >= 0.3 is 0 Å². The molecule has 5 nitrogen and oxygen atoms in total. The molecule has 156 valence electrons. The molecule has 0 saturated carbocycles. The minimum Gasteiger partial charge on any atom is -0.378 e. The fourth-order valence-electron chi connectivity index (χ4n) is 3.18. The molecule has 6 heteroatoms. The quantitative estimate of drug-likeness (QED) is 0.331. The molecule has 0 aliphatic rings. The van der Waals surface area contributed by atoms with Gasteiger partial charge in [0.25, 0.3) is 0 Å². The van der Waals surface area contributed by atoms with Crippen LogP contribution in [0.25, 0.3) is 0 Å². The van der Waals surface area contributed by atoms with Crippen molar-refractivity contribution in [1.82, 2.24) is 8.94 Å². The first-order chi connectivity index (χ1) is 15.1. The van der Waals surface area contributed by atoms with Crippen LogP contribution in [-0.2, 0) is 6.54 Å². The van der Waals surface area contributed by atoms with Gasteiger partial charge in [-0.05, 0) is 36.8 Å². The summed E-state index contributed by atoms with van der Waals surface area (Å²) in [6.07, 6.45) is 0. The summed E-state index contributed by atoms with van der Waals surface area (Å²) >= 11 is 1.39. The second-order valence-electron chi connectivity index (χ2n) is 7.41. The van der Waals surface area contributed by atoms with Crippen molar-refractivity contribution in [2.45, 2.75) is 13.5 Å². The van der Waals surface area contributed by atoms with Gasteiger partial charge in [-0.1, -0.05) is 60.7 Å². The third-order valence-corrected chi connectivity index (χ3v) is 5.70. The number of aryl methyl sites for hydroxylation is 1. The smallest absolute Gasteiger partial charge is 0.211 e. The van der Waals surface area contributed by atoms with Crippen molar-refractivity contribution in [3.8, 4) is 0 Å². The Morgan fingerprint density at radius 1 is 0.935 bits per heavy atom. The van der Waals surface area contributed by atoms with Crippen molar-refractivity contribution in [2.24, 2.45) is 9.98 Å². The number of hydrogen-bond acceptors (Lipinski definition) is 4. The Hall–Kier alpha value is -3.51. The van der Waals surface area contributed by atoms with E-state index in [4.69, 9.17) is 9.98 Å². The highest BCUT2D eigenvalue weighted by Gasteiger charge is 2.08.